The number of methoxy groups -OCH3 is 1. The summed E-state index contributed by atoms with van der Waals surface area (Å²) in [6, 6.07) is 9.06. The van der Waals surface area contributed by atoms with Crippen LogP contribution < -0.4 is 5.32 Å². The van der Waals surface area contributed by atoms with Crippen molar-refractivity contribution in [2.75, 3.05) is 26.8 Å². The molecule has 1 rings (SSSR count). The van der Waals surface area contributed by atoms with E-state index in [2.05, 4.69) is 50.4 Å². The number of ether oxygens (including phenoxy) is 1. The SMILES string of the molecule is COCCNCC(C)c1ccc(CC(C)C)cc1. The summed E-state index contributed by atoms with van der Waals surface area (Å²) in [7, 11) is 1.73. The van der Waals surface area contributed by atoms with Gasteiger partial charge in [-0.3, -0.25) is 0 Å². The van der Waals surface area contributed by atoms with Gasteiger partial charge in [-0.1, -0.05) is 45.0 Å². The van der Waals surface area contributed by atoms with Crippen LogP contribution in [0.2, 0.25) is 0 Å². The highest BCUT2D eigenvalue weighted by Gasteiger charge is 2.05. The fraction of sp³-hybridized carbons (Fsp3) is 0.625. The molecule has 2 heteroatoms. The van der Waals surface area contributed by atoms with Gasteiger partial charge in [-0.15, -0.1) is 0 Å². The fourth-order valence-corrected chi connectivity index (χ4v) is 2.06. The maximum atomic E-state index is 5.02. The summed E-state index contributed by atoms with van der Waals surface area (Å²) in [6.45, 7) is 9.49. The highest BCUT2D eigenvalue weighted by molar-refractivity contribution is 5.25. The van der Waals surface area contributed by atoms with Gasteiger partial charge in [-0.2, -0.15) is 0 Å². The van der Waals surface area contributed by atoms with Crippen molar-refractivity contribution >= 4 is 0 Å². The Morgan fingerprint density at radius 1 is 1.11 bits per heavy atom. The van der Waals surface area contributed by atoms with E-state index in [1.165, 1.54) is 17.5 Å². The van der Waals surface area contributed by atoms with E-state index >= 15 is 0 Å². The lowest BCUT2D eigenvalue weighted by Crippen LogP contribution is -2.23. The first-order valence-electron chi connectivity index (χ1n) is 6.92. The second kappa shape index (κ2) is 8.28. The first-order valence-corrected chi connectivity index (χ1v) is 6.92. The number of benzene rings is 1. The molecule has 0 fully saturated rings. The number of hydrogen-bond donors (Lipinski definition) is 1. The Kier molecular flexibility index (Phi) is 6.99. The Morgan fingerprint density at radius 2 is 1.78 bits per heavy atom. The van der Waals surface area contributed by atoms with E-state index in [1.54, 1.807) is 7.11 Å². The van der Waals surface area contributed by atoms with Gasteiger partial charge >= 0.3 is 0 Å². The predicted octanol–water partition coefficient (Wildman–Crippen LogP) is 3.22. The molecule has 0 saturated carbocycles. The van der Waals surface area contributed by atoms with Crippen molar-refractivity contribution < 1.29 is 4.74 Å². The van der Waals surface area contributed by atoms with Crippen molar-refractivity contribution in [2.24, 2.45) is 5.92 Å². The summed E-state index contributed by atoms with van der Waals surface area (Å²) >= 11 is 0. The van der Waals surface area contributed by atoms with Gasteiger partial charge in [0.15, 0.2) is 0 Å². The van der Waals surface area contributed by atoms with Crippen LogP contribution >= 0.6 is 0 Å². The zero-order chi connectivity index (χ0) is 13.4. The van der Waals surface area contributed by atoms with Crippen molar-refractivity contribution in [2.45, 2.75) is 33.1 Å². The van der Waals surface area contributed by atoms with Crippen LogP contribution in [0.1, 0.15) is 37.8 Å². The molecule has 1 aromatic carbocycles. The maximum absolute atomic E-state index is 5.02. The van der Waals surface area contributed by atoms with Gasteiger partial charge in [-0.05, 0) is 29.4 Å². The molecule has 0 heterocycles. The summed E-state index contributed by atoms with van der Waals surface area (Å²) in [6.07, 6.45) is 1.17. The van der Waals surface area contributed by atoms with Crippen molar-refractivity contribution in [1.82, 2.24) is 5.32 Å². The zero-order valence-corrected chi connectivity index (χ0v) is 12.2. The monoisotopic (exact) mass is 249 g/mol. The van der Waals surface area contributed by atoms with Crippen molar-refractivity contribution in [3.05, 3.63) is 35.4 Å². The normalized spacial score (nSPS) is 12.9. The minimum absolute atomic E-state index is 0.551. The molecule has 0 aliphatic carbocycles. The first-order chi connectivity index (χ1) is 8.63. The van der Waals surface area contributed by atoms with Gasteiger partial charge in [0.1, 0.15) is 0 Å². The van der Waals surface area contributed by atoms with Gasteiger partial charge < -0.3 is 10.1 Å². The third-order valence-corrected chi connectivity index (χ3v) is 3.13. The topological polar surface area (TPSA) is 21.3 Å². The van der Waals surface area contributed by atoms with E-state index in [1.807, 2.05) is 0 Å². The van der Waals surface area contributed by atoms with Gasteiger partial charge in [0.05, 0.1) is 6.61 Å². The average molecular weight is 249 g/mol. The zero-order valence-electron chi connectivity index (χ0n) is 12.2. The molecule has 0 saturated heterocycles. The summed E-state index contributed by atoms with van der Waals surface area (Å²) in [4.78, 5) is 0. The van der Waals surface area contributed by atoms with E-state index in [0.29, 0.717) is 5.92 Å². The minimum Gasteiger partial charge on any atom is -0.383 e. The summed E-state index contributed by atoms with van der Waals surface area (Å²) in [5.41, 5.74) is 2.85. The van der Waals surface area contributed by atoms with E-state index < -0.39 is 0 Å². The van der Waals surface area contributed by atoms with Crippen LogP contribution in [0.25, 0.3) is 0 Å². The van der Waals surface area contributed by atoms with Crippen molar-refractivity contribution in [3.63, 3.8) is 0 Å². The first kappa shape index (κ1) is 15.2. The lowest BCUT2D eigenvalue weighted by molar-refractivity contribution is 0.199. The predicted molar refractivity (Wildman–Crippen MR) is 78.1 cm³/mol. The molecular formula is C16H27NO. The summed E-state index contributed by atoms with van der Waals surface area (Å²) < 4.78 is 5.02. The standard InChI is InChI=1S/C16H27NO/c1-13(2)11-15-5-7-16(8-6-15)14(3)12-17-9-10-18-4/h5-8,13-14,17H,9-12H2,1-4H3. The number of nitrogens with one attached hydrogen (secondary N) is 1. The average Bonchev–Trinajstić information content (AvgIpc) is 2.34. The van der Waals surface area contributed by atoms with Crippen LogP contribution in [-0.4, -0.2) is 26.8 Å². The van der Waals surface area contributed by atoms with Crippen LogP contribution in [0.3, 0.4) is 0 Å². The third-order valence-electron chi connectivity index (χ3n) is 3.13. The van der Waals surface area contributed by atoms with Gasteiger partial charge in [0, 0.05) is 20.2 Å². The second-order valence-corrected chi connectivity index (χ2v) is 5.44. The van der Waals surface area contributed by atoms with Crippen molar-refractivity contribution in [3.8, 4) is 0 Å². The maximum Gasteiger partial charge on any atom is 0.0587 e. The molecular weight excluding hydrogens is 222 g/mol. The lowest BCUT2D eigenvalue weighted by atomic mass is 9.97. The van der Waals surface area contributed by atoms with Crippen LogP contribution in [0.15, 0.2) is 24.3 Å². The number of rotatable bonds is 8. The van der Waals surface area contributed by atoms with Crippen molar-refractivity contribution in [1.29, 1.82) is 0 Å². The minimum atomic E-state index is 0.551. The Morgan fingerprint density at radius 3 is 2.33 bits per heavy atom. The number of hydrogen-bond acceptors (Lipinski definition) is 2. The molecule has 0 aliphatic heterocycles. The summed E-state index contributed by atoms with van der Waals surface area (Å²) in [5.74, 6) is 1.28. The molecule has 0 spiro atoms. The smallest absolute Gasteiger partial charge is 0.0587 e. The van der Waals surface area contributed by atoms with Crippen LogP contribution in [-0.2, 0) is 11.2 Å². The summed E-state index contributed by atoms with van der Waals surface area (Å²) in [5, 5.41) is 3.41. The quantitative estimate of drug-likeness (QED) is 0.714. The van der Waals surface area contributed by atoms with E-state index in [0.717, 1.165) is 25.6 Å². The van der Waals surface area contributed by atoms with Crippen LogP contribution in [0.4, 0.5) is 0 Å². The van der Waals surface area contributed by atoms with Gasteiger partial charge in [0.25, 0.3) is 0 Å². The largest absolute Gasteiger partial charge is 0.383 e. The fourth-order valence-electron chi connectivity index (χ4n) is 2.06. The molecule has 2 nitrogen and oxygen atoms in total. The second-order valence-electron chi connectivity index (χ2n) is 5.44. The molecule has 102 valence electrons. The highest BCUT2D eigenvalue weighted by atomic mass is 16.5. The Bertz CT molecular complexity index is 318. The molecule has 0 bridgehead atoms. The molecule has 0 radical (unpaired) electrons. The van der Waals surface area contributed by atoms with Crippen LogP contribution in [0, 0.1) is 5.92 Å². The van der Waals surface area contributed by atoms with Gasteiger partial charge in [0.2, 0.25) is 0 Å². The third kappa shape index (κ3) is 5.65. The molecule has 0 aliphatic rings. The van der Waals surface area contributed by atoms with E-state index in [-0.39, 0.29) is 0 Å². The highest BCUT2D eigenvalue weighted by Crippen LogP contribution is 2.16. The molecule has 1 unspecified atom stereocenters. The van der Waals surface area contributed by atoms with Gasteiger partial charge in [-0.25, -0.2) is 0 Å². The Balaban J connectivity index is 2.41. The Hall–Kier alpha value is -0.860. The molecule has 0 aromatic heterocycles. The van der Waals surface area contributed by atoms with E-state index in [9.17, 15) is 0 Å². The molecule has 1 aromatic rings. The molecule has 18 heavy (non-hydrogen) atoms. The molecule has 1 N–H and O–H groups in total. The molecule has 1 atom stereocenters. The molecule has 0 amide bonds. The van der Waals surface area contributed by atoms with Crippen LogP contribution in [0.5, 0.6) is 0 Å². The van der Waals surface area contributed by atoms with E-state index in [4.69, 9.17) is 4.74 Å². The Labute approximate surface area is 112 Å². The lowest BCUT2D eigenvalue weighted by Gasteiger charge is -2.14.